The molecule has 0 aliphatic carbocycles. The molecule has 4 aliphatic rings. The third-order valence-corrected chi connectivity index (χ3v) is 6.86. The van der Waals surface area contributed by atoms with Crippen LogP contribution in [0.15, 0.2) is 40.6 Å². The zero-order chi connectivity index (χ0) is 20.3. The summed E-state index contributed by atoms with van der Waals surface area (Å²) in [6.45, 7) is 5.55. The molecular formula is C22H25ClFN3O2. The summed E-state index contributed by atoms with van der Waals surface area (Å²) < 4.78 is 19.9. The Hall–Kier alpha value is -1.86. The van der Waals surface area contributed by atoms with Crippen molar-refractivity contribution >= 4 is 23.4 Å². The van der Waals surface area contributed by atoms with Crippen molar-refractivity contribution < 1.29 is 14.2 Å². The van der Waals surface area contributed by atoms with Gasteiger partial charge in [0.2, 0.25) is 0 Å². The Morgan fingerprint density at radius 2 is 2.21 bits per heavy atom. The van der Waals surface area contributed by atoms with Crippen LogP contribution in [0, 0.1) is 5.82 Å². The van der Waals surface area contributed by atoms with Crippen LogP contribution in [-0.4, -0.2) is 61.0 Å². The minimum Gasteiger partial charge on any atom is -0.383 e. The van der Waals surface area contributed by atoms with Crippen LogP contribution in [0.3, 0.4) is 0 Å². The van der Waals surface area contributed by atoms with Crippen LogP contribution in [-0.2, 0) is 4.74 Å². The van der Waals surface area contributed by atoms with E-state index in [0.29, 0.717) is 32.7 Å². The first kappa shape index (κ1) is 19.1. The van der Waals surface area contributed by atoms with Gasteiger partial charge in [-0.25, -0.2) is 4.39 Å². The number of aliphatic hydroxyl groups is 1. The Labute approximate surface area is 174 Å². The number of anilines is 1. The monoisotopic (exact) mass is 417 g/mol. The van der Waals surface area contributed by atoms with Crippen molar-refractivity contribution in [3.63, 3.8) is 0 Å². The van der Waals surface area contributed by atoms with Gasteiger partial charge in [0, 0.05) is 48.7 Å². The minimum absolute atomic E-state index is 0.121. The number of ether oxygens (including phenoxy) is 1. The highest BCUT2D eigenvalue weighted by Crippen LogP contribution is 2.46. The zero-order valence-electron chi connectivity index (χ0n) is 16.4. The molecule has 29 heavy (non-hydrogen) atoms. The van der Waals surface area contributed by atoms with Crippen LogP contribution >= 0.6 is 11.6 Å². The van der Waals surface area contributed by atoms with E-state index in [0.717, 1.165) is 46.8 Å². The molecule has 0 aromatic heterocycles. The van der Waals surface area contributed by atoms with Crippen LogP contribution in [0.4, 0.5) is 10.1 Å². The summed E-state index contributed by atoms with van der Waals surface area (Å²) in [6.07, 6.45) is 4.78. The number of rotatable bonds is 3. The Bertz CT molecular complexity index is 973. The molecule has 4 aliphatic heterocycles. The molecular weight excluding hydrogens is 393 g/mol. The molecule has 2 atom stereocenters. The Balaban J connectivity index is 1.63. The van der Waals surface area contributed by atoms with Crippen molar-refractivity contribution in [2.75, 3.05) is 44.3 Å². The SMILES string of the molecule is CC[C@@]1(O)COCC2=C1C=C1C3=Cc4cc(F)c(Cl)cc4N(CCN)C3CN1C2. The van der Waals surface area contributed by atoms with Gasteiger partial charge < -0.3 is 25.4 Å². The molecule has 1 fully saturated rings. The molecule has 5 nitrogen and oxygen atoms in total. The number of halogens is 2. The topological polar surface area (TPSA) is 62.0 Å². The number of hydrogen-bond acceptors (Lipinski definition) is 5. The highest BCUT2D eigenvalue weighted by Gasteiger charge is 2.44. The maximum absolute atomic E-state index is 14.2. The zero-order valence-corrected chi connectivity index (χ0v) is 17.2. The van der Waals surface area contributed by atoms with Crippen molar-refractivity contribution in [1.29, 1.82) is 0 Å². The van der Waals surface area contributed by atoms with Crippen molar-refractivity contribution in [1.82, 2.24) is 4.90 Å². The lowest BCUT2D eigenvalue weighted by atomic mass is 9.83. The van der Waals surface area contributed by atoms with Gasteiger partial charge in [0.05, 0.1) is 24.3 Å². The van der Waals surface area contributed by atoms with Crippen molar-refractivity contribution in [2.45, 2.75) is 25.0 Å². The summed E-state index contributed by atoms with van der Waals surface area (Å²) in [6, 6.07) is 3.32. The lowest BCUT2D eigenvalue weighted by molar-refractivity contribution is -0.0315. The average Bonchev–Trinajstić information content (AvgIpc) is 3.06. The molecule has 7 heteroatoms. The smallest absolute Gasteiger partial charge is 0.142 e. The largest absolute Gasteiger partial charge is 0.383 e. The summed E-state index contributed by atoms with van der Waals surface area (Å²) in [5.74, 6) is -0.421. The van der Waals surface area contributed by atoms with Crippen molar-refractivity contribution in [3.8, 4) is 0 Å². The van der Waals surface area contributed by atoms with Gasteiger partial charge in [0.15, 0.2) is 0 Å². The molecule has 4 heterocycles. The maximum Gasteiger partial charge on any atom is 0.142 e. The number of nitrogens with zero attached hydrogens (tertiary/aromatic N) is 2. The van der Waals surface area contributed by atoms with Crippen molar-refractivity contribution in [3.05, 3.63) is 57.0 Å². The predicted molar refractivity (Wildman–Crippen MR) is 112 cm³/mol. The van der Waals surface area contributed by atoms with Crippen LogP contribution in [0.1, 0.15) is 18.9 Å². The summed E-state index contributed by atoms with van der Waals surface area (Å²) in [5.41, 5.74) is 11.1. The Morgan fingerprint density at radius 1 is 1.38 bits per heavy atom. The molecule has 5 rings (SSSR count). The van der Waals surface area contributed by atoms with Crippen molar-refractivity contribution in [2.24, 2.45) is 5.73 Å². The molecule has 1 aromatic rings. The first-order valence-corrected chi connectivity index (χ1v) is 10.5. The molecule has 0 radical (unpaired) electrons. The van der Waals surface area contributed by atoms with Gasteiger partial charge in [-0.05, 0) is 41.9 Å². The number of hydrogen-bond donors (Lipinski definition) is 2. The molecule has 0 saturated carbocycles. The Morgan fingerprint density at radius 3 is 2.97 bits per heavy atom. The lowest BCUT2D eigenvalue weighted by Crippen LogP contribution is -2.45. The van der Waals surface area contributed by atoms with Gasteiger partial charge in [0.25, 0.3) is 0 Å². The second-order valence-electron chi connectivity index (χ2n) is 8.23. The highest BCUT2D eigenvalue weighted by atomic mass is 35.5. The van der Waals surface area contributed by atoms with E-state index < -0.39 is 11.4 Å². The van der Waals surface area contributed by atoms with Gasteiger partial charge in [-0.3, -0.25) is 0 Å². The summed E-state index contributed by atoms with van der Waals surface area (Å²) in [7, 11) is 0. The summed E-state index contributed by atoms with van der Waals surface area (Å²) in [4.78, 5) is 4.56. The standard InChI is InChI=1S/C22H25ClFN3O2/c1-2-22(28)12-29-11-14-9-26-10-21-15(20(26)7-16(14)22)5-13-6-18(24)17(23)8-19(13)27(21)4-3-25/h5-8,21,28H,2-4,9-12,25H2,1H3/t21?,22-/m1/s1. The van der Waals surface area contributed by atoms with E-state index >= 15 is 0 Å². The van der Waals surface area contributed by atoms with Crippen LogP contribution in [0.5, 0.6) is 0 Å². The van der Waals surface area contributed by atoms with E-state index in [1.54, 1.807) is 6.07 Å². The van der Waals surface area contributed by atoms with E-state index in [1.165, 1.54) is 6.07 Å². The third-order valence-electron chi connectivity index (χ3n) is 6.57. The number of nitrogens with two attached hydrogens (primary N) is 1. The predicted octanol–water partition coefficient (Wildman–Crippen LogP) is 2.69. The molecule has 0 bridgehead atoms. The normalized spacial score (nSPS) is 27.8. The molecule has 1 unspecified atom stereocenters. The first-order valence-electron chi connectivity index (χ1n) is 10.1. The maximum atomic E-state index is 14.2. The minimum atomic E-state index is -0.950. The number of fused-ring (bicyclic) bond motifs is 4. The van der Waals surface area contributed by atoms with Gasteiger partial charge >= 0.3 is 0 Å². The average molecular weight is 418 g/mol. The van der Waals surface area contributed by atoms with E-state index in [4.69, 9.17) is 22.1 Å². The Kier molecular flexibility index (Phi) is 4.51. The molecule has 1 aromatic carbocycles. The summed E-state index contributed by atoms with van der Waals surface area (Å²) in [5, 5.41) is 11.2. The lowest BCUT2D eigenvalue weighted by Gasteiger charge is -2.39. The second-order valence-corrected chi connectivity index (χ2v) is 8.64. The van der Waals surface area contributed by atoms with Crippen LogP contribution < -0.4 is 10.6 Å². The summed E-state index contributed by atoms with van der Waals surface area (Å²) >= 11 is 6.08. The van der Waals surface area contributed by atoms with Gasteiger partial charge in [0.1, 0.15) is 11.4 Å². The molecule has 1 saturated heterocycles. The van der Waals surface area contributed by atoms with E-state index in [1.807, 2.05) is 6.92 Å². The van der Waals surface area contributed by atoms with E-state index in [2.05, 4.69) is 22.0 Å². The highest BCUT2D eigenvalue weighted by molar-refractivity contribution is 6.31. The second kappa shape index (κ2) is 6.84. The van der Waals surface area contributed by atoms with E-state index in [-0.39, 0.29) is 11.1 Å². The first-order chi connectivity index (χ1) is 13.9. The fourth-order valence-corrected chi connectivity index (χ4v) is 5.20. The van der Waals surface area contributed by atoms with Crippen LogP contribution in [0.2, 0.25) is 5.02 Å². The third kappa shape index (κ3) is 2.85. The molecule has 3 N–H and O–H groups in total. The number of benzene rings is 1. The van der Waals surface area contributed by atoms with E-state index in [9.17, 15) is 9.50 Å². The molecule has 0 spiro atoms. The molecule has 0 amide bonds. The van der Waals surface area contributed by atoms with Gasteiger partial charge in [-0.1, -0.05) is 18.5 Å². The van der Waals surface area contributed by atoms with Gasteiger partial charge in [-0.2, -0.15) is 0 Å². The fraction of sp³-hybridized carbons (Fsp3) is 0.455. The molecule has 154 valence electrons. The van der Waals surface area contributed by atoms with Crippen LogP contribution in [0.25, 0.3) is 6.08 Å². The fourth-order valence-electron chi connectivity index (χ4n) is 5.04. The van der Waals surface area contributed by atoms with Gasteiger partial charge in [-0.15, -0.1) is 0 Å². The quantitative estimate of drug-likeness (QED) is 0.791.